The number of esters is 1. The third-order valence-corrected chi connectivity index (χ3v) is 7.13. The van der Waals surface area contributed by atoms with Crippen LogP contribution >= 0.6 is 15.9 Å². The van der Waals surface area contributed by atoms with E-state index in [-0.39, 0.29) is 35.7 Å². The highest BCUT2D eigenvalue weighted by atomic mass is 79.9. The Hall–Kier alpha value is -3.60. The van der Waals surface area contributed by atoms with Crippen molar-refractivity contribution in [2.75, 3.05) is 45.7 Å². The first-order chi connectivity index (χ1) is 17.8. The molecule has 37 heavy (non-hydrogen) atoms. The van der Waals surface area contributed by atoms with Crippen molar-refractivity contribution >= 4 is 45.4 Å². The van der Waals surface area contributed by atoms with Gasteiger partial charge in [0.05, 0.1) is 26.3 Å². The van der Waals surface area contributed by atoms with E-state index in [0.717, 1.165) is 17.0 Å². The summed E-state index contributed by atoms with van der Waals surface area (Å²) in [6.45, 7) is 1.41. The number of amides is 4. The number of fused-ring (bicyclic) bond motifs is 1. The zero-order chi connectivity index (χ0) is 26.5. The Labute approximate surface area is 223 Å². The van der Waals surface area contributed by atoms with Gasteiger partial charge in [-0.25, -0.2) is 9.59 Å². The van der Waals surface area contributed by atoms with Gasteiger partial charge in [0.25, 0.3) is 5.91 Å². The Morgan fingerprint density at radius 3 is 2.49 bits per heavy atom. The lowest BCUT2D eigenvalue weighted by Crippen LogP contribution is -2.51. The molecule has 1 saturated heterocycles. The molecule has 2 aliphatic heterocycles. The molecule has 0 aromatic heterocycles. The van der Waals surface area contributed by atoms with Crippen molar-refractivity contribution in [3.05, 3.63) is 57.6 Å². The van der Waals surface area contributed by atoms with E-state index in [4.69, 9.17) is 9.47 Å². The molecule has 0 unspecified atom stereocenters. The zero-order valence-electron chi connectivity index (χ0n) is 20.7. The summed E-state index contributed by atoms with van der Waals surface area (Å²) in [4.78, 5) is 53.6. The van der Waals surface area contributed by atoms with E-state index in [1.165, 1.54) is 13.2 Å². The first-order valence-corrected chi connectivity index (χ1v) is 12.8. The number of nitrogens with zero attached hydrogens (tertiary/aromatic N) is 2. The van der Waals surface area contributed by atoms with Crippen molar-refractivity contribution in [2.24, 2.45) is 0 Å². The number of likely N-dealkylation sites (tertiary alicyclic amines) is 1. The number of nitrogens with one attached hydrogen (secondary N) is 2. The minimum absolute atomic E-state index is 0.0215. The molecule has 10 nitrogen and oxygen atoms in total. The largest absolute Gasteiger partial charge is 0.497 e. The van der Waals surface area contributed by atoms with Crippen molar-refractivity contribution in [3.8, 4) is 5.75 Å². The number of ether oxygens (including phenoxy) is 2. The van der Waals surface area contributed by atoms with Crippen LogP contribution in [-0.4, -0.2) is 80.1 Å². The van der Waals surface area contributed by atoms with Gasteiger partial charge < -0.3 is 29.9 Å². The molecular weight excluding hydrogens is 544 g/mol. The number of carbonyl (C=O) groups excluding carboxylic acids is 4. The van der Waals surface area contributed by atoms with Crippen LogP contribution in [0.2, 0.25) is 0 Å². The van der Waals surface area contributed by atoms with E-state index in [2.05, 4.69) is 26.6 Å². The van der Waals surface area contributed by atoms with E-state index in [9.17, 15) is 19.2 Å². The van der Waals surface area contributed by atoms with Gasteiger partial charge in [0.2, 0.25) is 5.91 Å². The van der Waals surface area contributed by atoms with Gasteiger partial charge in [-0.1, -0.05) is 15.9 Å². The summed E-state index contributed by atoms with van der Waals surface area (Å²) >= 11 is 3.28. The summed E-state index contributed by atoms with van der Waals surface area (Å²) in [6.07, 6.45) is 2.02. The van der Waals surface area contributed by atoms with Crippen LogP contribution in [0.1, 0.15) is 39.1 Å². The fraction of sp³-hybridized carbons (Fsp3) is 0.385. The molecule has 2 aromatic rings. The number of hydrogen-bond acceptors (Lipinski definition) is 6. The average Bonchev–Trinajstić information content (AvgIpc) is 3.08. The summed E-state index contributed by atoms with van der Waals surface area (Å²) in [5.74, 6) is -0.470. The van der Waals surface area contributed by atoms with Crippen LogP contribution in [0.25, 0.3) is 0 Å². The molecule has 2 aromatic carbocycles. The second-order valence-corrected chi connectivity index (χ2v) is 9.83. The number of methoxy groups -OCH3 is 2. The molecule has 1 fully saturated rings. The summed E-state index contributed by atoms with van der Waals surface area (Å²) in [5.41, 5.74) is 2.30. The molecular formula is C26H29BrN4O6. The highest BCUT2D eigenvalue weighted by Gasteiger charge is 2.31. The lowest BCUT2D eigenvalue weighted by molar-refractivity contribution is -0.131. The van der Waals surface area contributed by atoms with Gasteiger partial charge in [-0.3, -0.25) is 9.59 Å². The first kappa shape index (κ1) is 26.5. The predicted molar refractivity (Wildman–Crippen MR) is 140 cm³/mol. The minimum atomic E-state index is -0.559. The van der Waals surface area contributed by atoms with Gasteiger partial charge in [0.1, 0.15) is 5.75 Å². The van der Waals surface area contributed by atoms with E-state index >= 15 is 0 Å². The smallest absolute Gasteiger partial charge is 0.337 e. The Kier molecular flexibility index (Phi) is 8.32. The lowest BCUT2D eigenvalue weighted by atomic mass is 10.0. The molecule has 11 heteroatoms. The summed E-state index contributed by atoms with van der Waals surface area (Å²) < 4.78 is 10.6. The maximum absolute atomic E-state index is 12.9. The summed E-state index contributed by atoms with van der Waals surface area (Å²) in [5, 5.41) is 5.62. The molecule has 2 N–H and O–H groups in total. The van der Waals surface area contributed by atoms with Crippen molar-refractivity contribution in [3.63, 3.8) is 0 Å². The third kappa shape index (κ3) is 6.22. The molecule has 2 aliphatic rings. The fourth-order valence-electron chi connectivity index (χ4n) is 4.66. The summed E-state index contributed by atoms with van der Waals surface area (Å²) in [6, 6.07) is 10.1. The Bertz CT molecular complexity index is 1210. The Balaban J connectivity index is 1.29. The lowest BCUT2D eigenvalue weighted by Gasteiger charge is -2.38. The fourth-order valence-corrected chi connectivity index (χ4v) is 5.15. The average molecular weight is 573 g/mol. The molecule has 0 atom stereocenters. The molecule has 4 rings (SSSR count). The maximum atomic E-state index is 12.9. The highest BCUT2D eigenvalue weighted by Crippen LogP contribution is 2.27. The number of anilines is 1. The molecule has 4 amide bonds. The van der Waals surface area contributed by atoms with E-state index < -0.39 is 11.9 Å². The maximum Gasteiger partial charge on any atom is 0.337 e. The molecule has 0 saturated carbocycles. The normalized spacial score (nSPS) is 15.8. The van der Waals surface area contributed by atoms with Crippen molar-refractivity contribution in [1.29, 1.82) is 0 Å². The molecule has 0 spiro atoms. The quantitative estimate of drug-likeness (QED) is 0.514. The second-order valence-electron chi connectivity index (χ2n) is 8.91. The summed E-state index contributed by atoms with van der Waals surface area (Å²) in [7, 11) is 2.88. The number of halogens is 1. The first-order valence-electron chi connectivity index (χ1n) is 12.0. The van der Waals surface area contributed by atoms with Crippen LogP contribution in [0.4, 0.5) is 10.5 Å². The Morgan fingerprint density at radius 2 is 1.78 bits per heavy atom. The number of rotatable bonds is 6. The van der Waals surface area contributed by atoms with Crippen molar-refractivity contribution in [1.82, 2.24) is 15.1 Å². The zero-order valence-corrected chi connectivity index (χ0v) is 22.3. The van der Waals surface area contributed by atoms with Gasteiger partial charge >= 0.3 is 12.0 Å². The SMILES string of the molecule is COC(=O)c1cc(Br)cc(C(=O)NCC(=O)N2CCC(N3CCc4cc(OC)ccc4NC3=O)CC2)c1. The predicted octanol–water partition coefficient (Wildman–Crippen LogP) is 3.06. The van der Waals surface area contributed by atoms with Crippen LogP contribution in [-0.2, 0) is 16.0 Å². The van der Waals surface area contributed by atoms with E-state index in [1.807, 2.05) is 23.1 Å². The third-order valence-electron chi connectivity index (χ3n) is 6.68. The molecule has 2 heterocycles. The number of carbonyl (C=O) groups is 4. The standard InChI is InChI=1S/C26H29BrN4O6/c1-36-21-3-4-22-16(14-21)5-10-31(26(35)29-22)20-6-8-30(9-7-20)23(32)15-28-24(33)17-11-18(25(34)37-2)13-19(27)12-17/h3-4,11-14,20H,5-10,15H2,1-2H3,(H,28,33)(H,29,35). The molecule has 0 aliphatic carbocycles. The number of benzene rings is 2. The highest BCUT2D eigenvalue weighted by molar-refractivity contribution is 9.10. The number of piperidine rings is 1. The van der Waals surface area contributed by atoms with Crippen molar-refractivity contribution in [2.45, 2.75) is 25.3 Å². The van der Waals surface area contributed by atoms with Crippen LogP contribution in [0.15, 0.2) is 40.9 Å². The van der Waals surface area contributed by atoms with Gasteiger partial charge in [0.15, 0.2) is 0 Å². The van der Waals surface area contributed by atoms with Crippen LogP contribution in [0.3, 0.4) is 0 Å². The van der Waals surface area contributed by atoms with Crippen LogP contribution in [0, 0.1) is 0 Å². The minimum Gasteiger partial charge on any atom is -0.497 e. The number of hydrogen-bond donors (Lipinski definition) is 2. The molecule has 0 radical (unpaired) electrons. The van der Waals surface area contributed by atoms with E-state index in [1.54, 1.807) is 24.1 Å². The topological polar surface area (TPSA) is 117 Å². The van der Waals surface area contributed by atoms with Gasteiger partial charge in [0, 0.05) is 41.4 Å². The number of urea groups is 1. The van der Waals surface area contributed by atoms with Crippen molar-refractivity contribution < 1.29 is 28.7 Å². The van der Waals surface area contributed by atoms with E-state index in [0.29, 0.717) is 43.4 Å². The second kappa shape index (κ2) is 11.6. The van der Waals surface area contributed by atoms with Gasteiger partial charge in [-0.05, 0) is 61.2 Å². The van der Waals surface area contributed by atoms with Crippen LogP contribution < -0.4 is 15.4 Å². The Morgan fingerprint density at radius 1 is 1.05 bits per heavy atom. The monoisotopic (exact) mass is 572 g/mol. The molecule has 196 valence electrons. The van der Waals surface area contributed by atoms with Gasteiger partial charge in [-0.2, -0.15) is 0 Å². The van der Waals surface area contributed by atoms with Crippen LogP contribution in [0.5, 0.6) is 5.75 Å². The van der Waals surface area contributed by atoms with Gasteiger partial charge in [-0.15, -0.1) is 0 Å². The molecule has 0 bridgehead atoms.